The summed E-state index contributed by atoms with van der Waals surface area (Å²) in [5.74, 6) is -1.92. The number of hydrogen-bond acceptors (Lipinski definition) is 3. The van der Waals surface area contributed by atoms with Crippen LogP contribution in [0.2, 0.25) is 5.02 Å². The maximum atomic E-state index is 14.1. The molecule has 0 saturated heterocycles. The van der Waals surface area contributed by atoms with E-state index in [1.807, 2.05) is 32.8 Å². The lowest BCUT2D eigenvalue weighted by atomic mass is 10.0. The minimum absolute atomic E-state index is 0.0368. The molecule has 1 amide bonds. The largest absolute Gasteiger partial charge is 0.333 e. The van der Waals surface area contributed by atoms with Crippen LogP contribution < -0.4 is 5.32 Å². The highest BCUT2D eigenvalue weighted by Gasteiger charge is 2.20. The molecule has 3 aromatic rings. The fourth-order valence-electron chi connectivity index (χ4n) is 3.05. The van der Waals surface area contributed by atoms with E-state index in [-0.39, 0.29) is 17.1 Å². The molecule has 0 radical (unpaired) electrons. The number of nitrogens with zero attached hydrogens (tertiary/aromatic N) is 2. The zero-order valence-corrected chi connectivity index (χ0v) is 18.3. The average molecular weight is 446 g/mol. The van der Waals surface area contributed by atoms with E-state index in [1.165, 1.54) is 16.8 Å². The lowest BCUT2D eigenvalue weighted by molar-refractivity contribution is -0.0980. The van der Waals surface area contributed by atoms with E-state index in [0.29, 0.717) is 10.7 Å². The van der Waals surface area contributed by atoms with Gasteiger partial charge < -0.3 is 14.7 Å². The number of nitrogens with one attached hydrogen (secondary N) is 1. The maximum Gasteiger partial charge on any atom is 0.275 e. The van der Waals surface area contributed by atoms with Crippen LogP contribution in [0, 0.1) is 18.6 Å². The zero-order valence-electron chi connectivity index (χ0n) is 17.6. The van der Waals surface area contributed by atoms with Gasteiger partial charge in [-0.1, -0.05) is 23.7 Å². The SMILES string of the molecule is C/C(NC(=O)c1cn(C)c(-c2c(F)cccc2F)n1)=C(/C)c1cc(Cl)ccc1C.C=O. The number of hydrogen-bond donors (Lipinski definition) is 1. The molecule has 0 spiro atoms. The third-order valence-corrected chi connectivity index (χ3v) is 5.00. The van der Waals surface area contributed by atoms with E-state index in [2.05, 4.69) is 10.3 Å². The van der Waals surface area contributed by atoms with Gasteiger partial charge in [0.25, 0.3) is 5.91 Å². The van der Waals surface area contributed by atoms with Crippen LogP contribution in [0.15, 0.2) is 48.3 Å². The van der Waals surface area contributed by atoms with Crippen LogP contribution in [0.3, 0.4) is 0 Å². The first kappa shape index (κ1) is 24.0. The number of carbonyl (C=O) groups excluding carboxylic acids is 2. The number of allylic oxidation sites excluding steroid dienone is 2. The first-order chi connectivity index (χ1) is 14.7. The molecule has 1 N–H and O–H groups in total. The molecular formula is C23H22ClF2N3O2. The van der Waals surface area contributed by atoms with Crippen molar-refractivity contribution in [3.8, 4) is 11.4 Å². The molecule has 31 heavy (non-hydrogen) atoms. The number of aromatic nitrogens is 2. The molecule has 1 aromatic heterocycles. The fraction of sp³-hybridized carbons (Fsp3) is 0.174. The van der Waals surface area contributed by atoms with Crippen molar-refractivity contribution in [1.29, 1.82) is 0 Å². The van der Waals surface area contributed by atoms with Crippen LogP contribution in [0.25, 0.3) is 17.0 Å². The van der Waals surface area contributed by atoms with Crippen molar-refractivity contribution in [2.75, 3.05) is 0 Å². The third-order valence-electron chi connectivity index (χ3n) is 4.76. The summed E-state index contributed by atoms with van der Waals surface area (Å²) >= 11 is 6.09. The van der Waals surface area contributed by atoms with E-state index in [0.717, 1.165) is 28.8 Å². The van der Waals surface area contributed by atoms with Gasteiger partial charge in [0.2, 0.25) is 0 Å². The second kappa shape index (κ2) is 10.1. The van der Waals surface area contributed by atoms with E-state index in [1.54, 1.807) is 20.0 Å². The molecule has 5 nitrogen and oxygen atoms in total. The second-order valence-corrected chi connectivity index (χ2v) is 7.26. The van der Waals surface area contributed by atoms with Gasteiger partial charge in [-0.25, -0.2) is 13.8 Å². The Morgan fingerprint density at radius 2 is 1.74 bits per heavy atom. The predicted molar refractivity (Wildman–Crippen MR) is 118 cm³/mol. The fourth-order valence-corrected chi connectivity index (χ4v) is 3.22. The van der Waals surface area contributed by atoms with Crippen LogP contribution in [0.1, 0.15) is 35.5 Å². The van der Waals surface area contributed by atoms with Crippen molar-refractivity contribution in [3.63, 3.8) is 0 Å². The molecule has 0 atom stereocenters. The average Bonchev–Trinajstić information content (AvgIpc) is 3.12. The van der Waals surface area contributed by atoms with Gasteiger partial charge in [0.15, 0.2) is 0 Å². The topological polar surface area (TPSA) is 64.0 Å². The highest BCUT2D eigenvalue weighted by molar-refractivity contribution is 6.30. The summed E-state index contributed by atoms with van der Waals surface area (Å²) in [5, 5.41) is 3.40. The number of halogens is 3. The quantitative estimate of drug-likeness (QED) is 0.590. The molecule has 8 heteroatoms. The van der Waals surface area contributed by atoms with Gasteiger partial charge in [0, 0.05) is 24.0 Å². The number of amides is 1. The summed E-state index contributed by atoms with van der Waals surface area (Å²) in [6.45, 7) is 7.61. The minimum Gasteiger partial charge on any atom is -0.333 e. The summed E-state index contributed by atoms with van der Waals surface area (Å²) in [7, 11) is 1.58. The Morgan fingerprint density at radius 3 is 2.35 bits per heavy atom. The second-order valence-electron chi connectivity index (χ2n) is 6.82. The van der Waals surface area contributed by atoms with Crippen LogP contribution in [0.4, 0.5) is 8.78 Å². The van der Waals surface area contributed by atoms with E-state index in [9.17, 15) is 13.6 Å². The van der Waals surface area contributed by atoms with Gasteiger partial charge in [-0.05, 0) is 61.7 Å². The lowest BCUT2D eigenvalue weighted by Gasteiger charge is -2.12. The van der Waals surface area contributed by atoms with Gasteiger partial charge >= 0.3 is 0 Å². The van der Waals surface area contributed by atoms with Crippen molar-refractivity contribution in [2.45, 2.75) is 20.8 Å². The molecule has 3 rings (SSSR count). The Labute approximate surface area is 184 Å². The van der Waals surface area contributed by atoms with Gasteiger partial charge in [-0.3, -0.25) is 4.79 Å². The Hall–Kier alpha value is -3.32. The number of imidazole rings is 1. The van der Waals surface area contributed by atoms with Crippen LogP contribution in [0.5, 0.6) is 0 Å². The summed E-state index contributed by atoms with van der Waals surface area (Å²) in [5.41, 5.74) is 3.22. The lowest BCUT2D eigenvalue weighted by Crippen LogP contribution is -2.22. The van der Waals surface area contributed by atoms with E-state index < -0.39 is 17.5 Å². The monoisotopic (exact) mass is 445 g/mol. The normalized spacial score (nSPS) is 11.3. The summed E-state index contributed by atoms with van der Waals surface area (Å²) in [6, 6.07) is 9.12. The Balaban J connectivity index is 0.00000166. The molecule has 0 fully saturated rings. The van der Waals surface area contributed by atoms with Crippen LogP contribution in [-0.4, -0.2) is 22.2 Å². The summed E-state index contributed by atoms with van der Waals surface area (Å²) < 4.78 is 29.6. The Kier molecular flexibility index (Phi) is 7.83. The summed E-state index contributed by atoms with van der Waals surface area (Å²) in [4.78, 5) is 24.8. The van der Waals surface area contributed by atoms with Crippen molar-refractivity contribution >= 4 is 29.9 Å². The van der Waals surface area contributed by atoms with Crippen molar-refractivity contribution in [3.05, 3.63) is 81.8 Å². The van der Waals surface area contributed by atoms with Crippen molar-refractivity contribution in [2.24, 2.45) is 7.05 Å². The van der Waals surface area contributed by atoms with Gasteiger partial charge in [-0.15, -0.1) is 0 Å². The molecule has 0 aliphatic rings. The Morgan fingerprint density at radius 1 is 1.13 bits per heavy atom. The smallest absolute Gasteiger partial charge is 0.275 e. The maximum absolute atomic E-state index is 14.1. The molecule has 0 unspecified atom stereocenters. The molecule has 162 valence electrons. The third kappa shape index (κ3) is 5.24. The van der Waals surface area contributed by atoms with Gasteiger partial charge in [0.05, 0.1) is 5.56 Å². The number of aryl methyl sites for hydroxylation is 2. The van der Waals surface area contributed by atoms with Crippen LogP contribution >= 0.6 is 11.6 Å². The van der Waals surface area contributed by atoms with Gasteiger partial charge in [-0.2, -0.15) is 0 Å². The molecule has 0 aliphatic heterocycles. The zero-order chi connectivity index (χ0) is 23.3. The highest BCUT2D eigenvalue weighted by atomic mass is 35.5. The molecule has 2 aromatic carbocycles. The standard InChI is InChI=1S/C22H20ClF2N3O.CH2O/c1-12-8-9-15(23)10-16(12)13(2)14(3)26-22(29)19-11-28(4)21(27-19)20-17(24)6-5-7-18(20)25;1-2/h5-11H,1-4H3,(H,26,29);1H2/b14-13+;. The number of carbonyl (C=O) groups is 2. The van der Waals surface area contributed by atoms with Crippen LogP contribution in [-0.2, 0) is 11.8 Å². The molecule has 0 aliphatic carbocycles. The molecular weight excluding hydrogens is 424 g/mol. The first-order valence-corrected chi connectivity index (χ1v) is 9.58. The highest BCUT2D eigenvalue weighted by Crippen LogP contribution is 2.26. The van der Waals surface area contributed by atoms with E-state index in [4.69, 9.17) is 16.4 Å². The van der Waals surface area contributed by atoms with E-state index >= 15 is 0 Å². The molecule has 1 heterocycles. The first-order valence-electron chi connectivity index (χ1n) is 9.21. The molecule has 0 saturated carbocycles. The predicted octanol–water partition coefficient (Wildman–Crippen LogP) is 5.32. The Bertz CT molecular complexity index is 1140. The molecule has 0 bridgehead atoms. The van der Waals surface area contributed by atoms with Gasteiger partial charge in [0.1, 0.15) is 29.9 Å². The minimum atomic E-state index is -0.742. The summed E-state index contributed by atoms with van der Waals surface area (Å²) in [6.07, 6.45) is 1.43. The van der Waals surface area contributed by atoms with Crippen molar-refractivity contribution in [1.82, 2.24) is 14.9 Å². The number of rotatable bonds is 4. The number of benzene rings is 2. The van der Waals surface area contributed by atoms with Crippen molar-refractivity contribution < 1.29 is 18.4 Å².